The Hall–Kier alpha value is -2.53. The molecule has 0 N–H and O–H groups in total. The number of pyridine rings is 1. The monoisotopic (exact) mass is 348 g/mol. The number of hydrogen-bond donors (Lipinski definition) is 0. The summed E-state index contributed by atoms with van der Waals surface area (Å²) < 4.78 is 7.82. The van der Waals surface area contributed by atoms with Crippen LogP contribution in [0.4, 0.5) is 0 Å². The number of benzene rings is 1. The van der Waals surface area contributed by atoms with E-state index in [-0.39, 0.29) is 6.10 Å². The molecule has 5 heteroatoms. The van der Waals surface area contributed by atoms with Crippen molar-refractivity contribution in [3.05, 3.63) is 54.0 Å². The van der Waals surface area contributed by atoms with Crippen molar-refractivity contribution in [1.29, 1.82) is 0 Å². The molecule has 5 nitrogen and oxygen atoms in total. The summed E-state index contributed by atoms with van der Waals surface area (Å²) in [6.45, 7) is 5.72. The molecule has 1 atom stereocenters. The molecule has 4 rings (SSSR count). The highest BCUT2D eigenvalue weighted by Gasteiger charge is 2.18. The molecule has 26 heavy (non-hydrogen) atoms. The van der Waals surface area contributed by atoms with Crippen LogP contribution in [0.25, 0.3) is 22.4 Å². The predicted molar refractivity (Wildman–Crippen MR) is 102 cm³/mol. The number of ether oxygens (including phenoxy) is 1. The summed E-state index contributed by atoms with van der Waals surface area (Å²) in [5.74, 6) is 0. The van der Waals surface area contributed by atoms with Crippen molar-refractivity contribution in [3.63, 3.8) is 0 Å². The third kappa shape index (κ3) is 3.53. The molecule has 0 radical (unpaired) electrons. The Morgan fingerprint density at radius 2 is 1.96 bits per heavy atom. The first-order chi connectivity index (χ1) is 12.7. The molecule has 0 aliphatic carbocycles. The topological polar surface area (TPSA) is 52.8 Å². The van der Waals surface area contributed by atoms with E-state index >= 15 is 0 Å². The Morgan fingerprint density at radius 3 is 2.73 bits per heavy atom. The Labute approximate surface area is 154 Å². The summed E-state index contributed by atoms with van der Waals surface area (Å²) >= 11 is 0. The van der Waals surface area contributed by atoms with Gasteiger partial charge in [-0.3, -0.25) is 4.98 Å². The van der Waals surface area contributed by atoms with Gasteiger partial charge in [-0.25, -0.2) is 4.68 Å². The fraction of sp³-hybridized carbons (Fsp3) is 0.381. The largest absolute Gasteiger partial charge is 0.376 e. The van der Waals surface area contributed by atoms with E-state index in [9.17, 15) is 0 Å². The van der Waals surface area contributed by atoms with Gasteiger partial charge in [-0.2, -0.15) is 0 Å². The van der Waals surface area contributed by atoms with Gasteiger partial charge < -0.3 is 4.74 Å². The molecular formula is C21H24N4O. The predicted octanol–water partition coefficient (Wildman–Crippen LogP) is 4.19. The van der Waals surface area contributed by atoms with E-state index in [4.69, 9.17) is 4.74 Å². The van der Waals surface area contributed by atoms with Crippen LogP contribution < -0.4 is 0 Å². The van der Waals surface area contributed by atoms with Gasteiger partial charge >= 0.3 is 0 Å². The zero-order valence-electron chi connectivity index (χ0n) is 15.4. The summed E-state index contributed by atoms with van der Waals surface area (Å²) in [7, 11) is 0. The van der Waals surface area contributed by atoms with E-state index in [0.29, 0.717) is 0 Å². The van der Waals surface area contributed by atoms with E-state index in [1.54, 1.807) is 0 Å². The summed E-state index contributed by atoms with van der Waals surface area (Å²) in [5.41, 5.74) is 6.36. The van der Waals surface area contributed by atoms with Crippen LogP contribution in [-0.4, -0.2) is 32.7 Å². The van der Waals surface area contributed by atoms with Crippen LogP contribution in [-0.2, 0) is 11.3 Å². The molecule has 3 heterocycles. The number of aromatic nitrogens is 4. The quantitative estimate of drug-likeness (QED) is 0.709. The van der Waals surface area contributed by atoms with Crippen molar-refractivity contribution in [1.82, 2.24) is 20.0 Å². The first-order valence-electron chi connectivity index (χ1n) is 9.26. The number of aryl methyl sites for hydroxylation is 1. The fourth-order valence-corrected chi connectivity index (χ4v) is 3.43. The summed E-state index contributed by atoms with van der Waals surface area (Å²) in [5, 5.41) is 8.82. The van der Waals surface area contributed by atoms with Gasteiger partial charge in [0.1, 0.15) is 5.69 Å². The fourth-order valence-electron chi connectivity index (χ4n) is 3.43. The molecule has 3 aromatic rings. The Bertz CT molecular complexity index is 879. The van der Waals surface area contributed by atoms with E-state index in [1.807, 2.05) is 23.9 Å². The highest BCUT2D eigenvalue weighted by atomic mass is 16.5. The molecule has 134 valence electrons. The zero-order valence-corrected chi connectivity index (χ0v) is 15.4. The van der Waals surface area contributed by atoms with E-state index in [0.717, 1.165) is 53.3 Å². The molecule has 1 saturated heterocycles. The van der Waals surface area contributed by atoms with Gasteiger partial charge in [-0.1, -0.05) is 29.5 Å². The number of hydrogen-bond acceptors (Lipinski definition) is 4. The molecular weight excluding hydrogens is 324 g/mol. The van der Waals surface area contributed by atoms with Crippen molar-refractivity contribution in [3.8, 4) is 22.4 Å². The molecule has 0 bridgehead atoms. The van der Waals surface area contributed by atoms with Crippen LogP contribution in [0.15, 0.2) is 42.6 Å². The van der Waals surface area contributed by atoms with E-state index in [2.05, 4.69) is 52.6 Å². The number of rotatable bonds is 4. The van der Waals surface area contributed by atoms with Crippen molar-refractivity contribution in [2.75, 3.05) is 6.61 Å². The standard InChI is InChI=1S/C21H24N4O/c1-15-9-10-19(13-22-15)17-6-5-7-18(12-17)21-16(2)25(24-23-21)14-20-8-3-4-11-26-20/h5-7,9-10,12-13,20H,3-4,8,11,14H2,1-2H3. The van der Waals surface area contributed by atoms with Gasteiger partial charge in [0.05, 0.1) is 18.3 Å². The molecule has 1 unspecified atom stereocenters. The lowest BCUT2D eigenvalue weighted by Gasteiger charge is -2.22. The molecule has 1 aliphatic heterocycles. The van der Waals surface area contributed by atoms with Gasteiger partial charge in [0.15, 0.2) is 0 Å². The first-order valence-corrected chi connectivity index (χ1v) is 9.26. The molecule has 0 saturated carbocycles. The minimum absolute atomic E-state index is 0.252. The minimum Gasteiger partial charge on any atom is -0.376 e. The van der Waals surface area contributed by atoms with E-state index in [1.165, 1.54) is 12.8 Å². The second-order valence-electron chi connectivity index (χ2n) is 6.96. The third-order valence-electron chi connectivity index (χ3n) is 5.01. The van der Waals surface area contributed by atoms with Crippen LogP contribution in [0, 0.1) is 13.8 Å². The molecule has 0 amide bonds. The van der Waals surface area contributed by atoms with Crippen LogP contribution in [0.1, 0.15) is 30.7 Å². The Balaban J connectivity index is 1.59. The van der Waals surface area contributed by atoms with Gasteiger partial charge in [-0.15, -0.1) is 5.10 Å². The second kappa shape index (κ2) is 7.38. The Kier molecular flexibility index (Phi) is 4.80. The van der Waals surface area contributed by atoms with Crippen molar-refractivity contribution >= 4 is 0 Å². The average molecular weight is 348 g/mol. The Morgan fingerprint density at radius 1 is 1.08 bits per heavy atom. The zero-order chi connectivity index (χ0) is 17.9. The van der Waals surface area contributed by atoms with Gasteiger partial charge in [0.2, 0.25) is 0 Å². The van der Waals surface area contributed by atoms with Crippen LogP contribution in [0.3, 0.4) is 0 Å². The molecule has 0 spiro atoms. The van der Waals surface area contributed by atoms with Crippen LogP contribution >= 0.6 is 0 Å². The van der Waals surface area contributed by atoms with E-state index < -0.39 is 0 Å². The number of nitrogens with zero attached hydrogens (tertiary/aromatic N) is 4. The highest BCUT2D eigenvalue weighted by molar-refractivity contribution is 5.71. The van der Waals surface area contributed by atoms with Gasteiger partial charge in [0.25, 0.3) is 0 Å². The maximum atomic E-state index is 5.84. The summed E-state index contributed by atoms with van der Waals surface area (Å²) in [6, 6.07) is 12.5. The average Bonchev–Trinajstić information content (AvgIpc) is 3.04. The summed E-state index contributed by atoms with van der Waals surface area (Å²) in [6.07, 6.45) is 5.67. The van der Waals surface area contributed by atoms with Crippen molar-refractivity contribution in [2.45, 2.75) is 45.8 Å². The molecule has 1 aliphatic rings. The SMILES string of the molecule is Cc1ccc(-c2cccc(-c3nnn(CC4CCCCO4)c3C)c2)cn1. The maximum absolute atomic E-state index is 5.84. The van der Waals surface area contributed by atoms with Crippen molar-refractivity contribution in [2.24, 2.45) is 0 Å². The normalized spacial score (nSPS) is 17.4. The lowest BCUT2D eigenvalue weighted by Crippen LogP contribution is -2.25. The molecule has 2 aromatic heterocycles. The van der Waals surface area contributed by atoms with Gasteiger partial charge in [0, 0.05) is 29.6 Å². The summed E-state index contributed by atoms with van der Waals surface area (Å²) in [4.78, 5) is 4.40. The van der Waals surface area contributed by atoms with Gasteiger partial charge in [-0.05, 0) is 50.8 Å². The lowest BCUT2D eigenvalue weighted by molar-refractivity contribution is 0.00337. The van der Waals surface area contributed by atoms with Crippen molar-refractivity contribution < 1.29 is 4.74 Å². The van der Waals surface area contributed by atoms with Crippen LogP contribution in [0.2, 0.25) is 0 Å². The minimum atomic E-state index is 0.252. The van der Waals surface area contributed by atoms with Crippen LogP contribution in [0.5, 0.6) is 0 Å². The maximum Gasteiger partial charge on any atom is 0.115 e. The first kappa shape index (κ1) is 16.9. The highest BCUT2D eigenvalue weighted by Crippen LogP contribution is 2.27. The smallest absolute Gasteiger partial charge is 0.115 e. The third-order valence-corrected chi connectivity index (χ3v) is 5.01. The molecule has 1 fully saturated rings. The molecule has 1 aromatic carbocycles. The second-order valence-corrected chi connectivity index (χ2v) is 6.96. The lowest BCUT2D eigenvalue weighted by atomic mass is 10.0.